The SMILES string of the molecule is NC(=O)Cn1cc(NCc2ccccc2Br)cn1. The topological polar surface area (TPSA) is 72.9 Å². The smallest absolute Gasteiger partial charge is 0.239 e. The van der Waals surface area contributed by atoms with Gasteiger partial charge in [-0.05, 0) is 11.6 Å². The summed E-state index contributed by atoms with van der Waals surface area (Å²) in [6, 6.07) is 7.98. The summed E-state index contributed by atoms with van der Waals surface area (Å²) in [6.07, 6.45) is 3.42. The number of benzene rings is 1. The van der Waals surface area contributed by atoms with E-state index in [2.05, 4.69) is 26.3 Å². The Balaban J connectivity index is 1.96. The van der Waals surface area contributed by atoms with E-state index in [1.165, 1.54) is 4.68 Å². The van der Waals surface area contributed by atoms with Crippen molar-refractivity contribution in [2.24, 2.45) is 5.73 Å². The molecule has 94 valence electrons. The molecule has 18 heavy (non-hydrogen) atoms. The Morgan fingerprint density at radius 1 is 1.44 bits per heavy atom. The highest BCUT2D eigenvalue weighted by molar-refractivity contribution is 9.10. The molecule has 0 bridgehead atoms. The van der Waals surface area contributed by atoms with Gasteiger partial charge in [-0.2, -0.15) is 5.10 Å². The molecule has 0 saturated heterocycles. The number of hydrogen-bond acceptors (Lipinski definition) is 3. The average molecular weight is 309 g/mol. The van der Waals surface area contributed by atoms with E-state index in [0.29, 0.717) is 6.54 Å². The molecule has 5 nitrogen and oxygen atoms in total. The predicted molar refractivity (Wildman–Crippen MR) is 72.9 cm³/mol. The number of anilines is 1. The summed E-state index contributed by atoms with van der Waals surface area (Å²) in [5.41, 5.74) is 7.10. The van der Waals surface area contributed by atoms with E-state index >= 15 is 0 Å². The number of carbonyl (C=O) groups excluding carboxylic acids is 1. The van der Waals surface area contributed by atoms with Crippen LogP contribution >= 0.6 is 15.9 Å². The molecule has 0 radical (unpaired) electrons. The van der Waals surface area contributed by atoms with Crippen LogP contribution < -0.4 is 11.1 Å². The third-order valence-electron chi connectivity index (χ3n) is 2.39. The Kier molecular flexibility index (Phi) is 3.99. The number of primary amides is 1. The Hall–Kier alpha value is -1.82. The van der Waals surface area contributed by atoms with Crippen molar-refractivity contribution >= 4 is 27.5 Å². The number of hydrogen-bond donors (Lipinski definition) is 2. The zero-order valence-corrected chi connectivity index (χ0v) is 11.2. The van der Waals surface area contributed by atoms with E-state index in [0.717, 1.165) is 15.7 Å². The molecule has 0 atom stereocenters. The Bertz CT molecular complexity index is 553. The standard InChI is InChI=1S/C12H13BrN4O/c13-11-4-2-1-3-9(11)5-15-10-6-16-17(7-10)8-12(14)18/h1-4,6-7,15H,5,8H2,(H2,14,18). The van der Waals surface area contributed by atoms with Gasteiger partial charge in [-0.15, -0.1) is 0 Å². The lowest BCUT2D eigenvalue weighted by atomic mass is 10.2. The monoisotopic (exact) mass is 308 g/mol. The van der Waals surface area contributed by atoms with Gasteiger partial charge in [0.1, 0.15) is 6.54 Å². The lowest BCUT2D eigenvalue weighted by molar-refractivity contribution is -0.118. The van der Waals surface area contributed by atoms with Crippen LogP contribution in [0.5, 0.6) is 0 Å². The lowest BCUT2D eigenvalue weighted by Crippen LogP contribution is -2.18. The second kappa shape index (κ2) is 5.68. The van der Waals surface area contributed by atoms with E-state index in [4.69, 9.17) is 5.73 Å². The fraction of sp³-hybridized carbons (Fsp3) is 0.167. The zero-order chi connectivity index (χ0) is 13.0. The third kappa shape index (κ3) is 3.33. The van der Waals surface area contributed by atoms with Gasteiger partial charge in [0, 0.05) is 17.2 Å². The van der Waals surface area contributed by atoms with Crippen molar-refractivity contribution in [1.82, 2.24) is 9.78 Å². The minimum Gasteiger partial charge on any atom is -0.378 e. The molecular formula is C12H13BrN4O. The maximum atomic E-state index is 10.7. The molecule has 1 aromatic heterocycles. The molecule has 2 aromatic rings. The Morgan fingerprint density at radius 2 is 2.22 bits per heavy atom. The molecular weight excluding hydrogens is 296 g/mol. The molecule has 0 fully saturated rings. The first-order chi connectivity index (χ1) is 8.65. The summed E-state index contributed by atoms with van der Waals surface area (Å²) in [6.45, 7) is 0.778. The largest absolute Gasteiger partial charge is 0.378 e. The molecule has 6 heteroatoms. The molecule has 1 amide bonds. The number of nitrogens with zero attached hydrogens (tertiary/aromatic N) is 2. The van der Waals surface area contributed by atoms with Gasteiger partial charge in [-0.25, -0.2) is 0 Å². The molecule has 0 unspecified atom stereocenters. The minimum atomic E-state index is -0.407. The van der Waals surface area contributed by atoms with Crippen LogP contribution in [0.2, 0.25) is 0 Å². The maximum absolute atomic E-state index is 10.7. The minimum absolute atomic E-state index is 0.0940. The van der Waals surface area contributed by atoms with Crippen molar-refractivity contribution in [3.8, 4) is 0 Å². The highest BCUT2D eigenvalue weighted by Crippen LogP contribution is 2.17. The van der Waals surface area contributed by atoms with Gasteiger partial charge >= 0.3 is 0 Å². The fourth-order valence-corrected chi connectivity index (χ4v) is 1.97. The maximum Gasteiger partial charge on any atom is 0.239 e. The molecule has 0 saturated carbocycles. The highest BCUT2D eigenvalue weighted by Gasteiger charge is 2.02. The number of nitrogens with one attached hydrogen (secondary N) is 1. The summed E-state index contributed by atoms with van der Waals surface area (Å²) >= 11 is 3.49. The molecule has 1 heterocycles. The van der Waals surface area contributed by atoms with Crippen LogP contribution in [-0.2, 0) is 17.9 Å². The van der Waals surface area contributed by atoms with Gasteiger partial charge < -0.3 is 11.1 Å². The van der Waals surface area contributed by atoms with Crippen molar-refractivity contribution in [3.05, 3.63) is 46.7 Å². The van der Waals surface area contributed by atoms with Crippen LogP contribution in [-0.4, -0.2) is 15.7 Å². The summed E-state index contributed by atoms with van der Waals surface area (Å²) in [7, 11) is 0. The van der Waals surface area contributed by atoms with E-state index in [1.807, 2.05) is 24.3 Å². The van der Waals surface area contributed by atoms with Gasteiger partial charge in [0.05, 0.1) is 11.9 Å². The van der Waals surface area contributed by atoms with Gasteiger partial charge in [0.25, 0.3) is 0 Å². The van der Waals surface area contributed by atoms with Crippen molar-refractivity contribution in [2.75, 3.05) is 5.32 Å². The summed E-state index contributed by atoms with van der Waals surface area (Å²) in [5, 5.41) is 7.26. The third-order valence-corrected chi connectivity index (χ3v) is 3.17. The zero-order valence-electron chi connectivity index (χ0n) is 9.64. The van der Waals surface area contributed by atoms with Gasteiger partial charge in [-0.3, -0.25) is 9.48 Å². The van der Waals surface area contributed by atoms with E-state index in [-0.39, 0.29) is 6.54 Å². The molecule has 0 aliphatic heterocycles. The number of amides is 1. The lowest BCUT2D eigenvalue weighted by Gasteiger charge is -2.05. The van der Waals surface area contributed by atoms with E-state index in [9.17, 15) is 4.79 Å². The van der Waals surface area contributed by atoms with Crippen LogP contribution in [0.25, 0.3) is 0 Å². The predicted octanol–water partition coefficient (Wildman–Crippen LogP) is 1.74. The first-order valence-corrected chi connectivity index (χ1v) is 6.22. The quantitative estimate of drug-likeness (QED) is 0.883. The number of halogens is 1. The molecule has 3 N–H and O–H groups in total. The van der Waals surface area contributed by atoms with Gasteiger partial charge in [-0.1, -0.05) is 34.1 Å². The highest BCUT2D eigenvalue weighted by atomic mass is 79.9. The number of nitrogens with two attached hydrogens (primary N) is 1. The second-order valence-corrected chi connectivity index (χ2v) is 4.69. The fourth-order valence-electron chi connectivity index (χ4n) is 1.54. The summed E-state index contributed by atoms with van der Waals surface area (Å²) < 4.78 is 2.56. The van der Waals surface area contributed by atoms with Crippen molar-refractivity contribution in [1.29, 1.82) is 0 Å². The first kappa shape index (κ1) is 12.6. The molecule has 0 spiro atoms. The number of carbonyl (C=O) groups is 1. The molecule has 0 aliphatic carbocycles. The van der Waals surface area contributed by atoms with Crippen LogP contribution in [0.3, 0.4) is 0 Å². The Labute approximate surface area is 113 Å². The van der Waals surface area contributed by atoms with Crippen molar-refractivity contribution < 1.29 is 4.79 Å². The van der Waals surface area contributed by atoms with Crippen LogP contribution in [0.4, 0.5) is 5.69 Å². The van der Waals surface area contributed by atoms with Gasteiger partial charge in [0.15, 0.2) is 0 Å². The number of rotatable bonds is 5. The van der Waals surface area contributed by atoms with Crippen LogP contribution in [0.1, 0.15) is 5.56 Å². The molecule has 1 aromatic carbocycles. The van der Waals surface area contributed by atoms with E-state index < -0.39 is 5.91 Å². The number of aromatic nitrogens is 2. The Morgan fingerprint density at radius 3 is 2.94 bits per heavy atom. The molecule has 2 rings (SSSR count). The van der Waals surface area contributed by atoms with Crippen LogP contribution in [0.15, 0.2) is 41.1 Å². The van der Waals surface area contributed by atoms with Crippen LogP contribution in [0, 0.1) is 0 Å². The van der Waals surface area contributed by atoms with E-state index in [1.54, 1.807) is 12.4 Å². The first-order valence-electron chi connectivity index (χ1n) is 5.43. The summed E-state index contributed by atoms with van der Waals surface area (Å²) in [4.78, 5) is 10.7. The summed E-state index contributed by atoms with van der Waals surface area (Å²) in [5.74, 6) is -0.407. The van der Waals surface area contributed by atoms with Gasteiger partial charge in [0.2, 0.25) is 5.91 Å². The average Bonchev–Trinajstić information content (AvgIpc) is 2.75. The second-order valence-electron chi connectivity index (χ2n) is 3.84. The normalized spacial score (nSPS) is 10.3. The molecule has 0 aliphatic rings. The van der Waals surface area contributed by atoms with Crippen molar-refractivity contribution in [2.45, 2.75) is 13.1 Å². The van der Waals surface area contributed by atoms with Crippen molar-refractivity contribution in [3.63, 3.8) is 0 Å².